The fourth-order valence-electron chi connectivity index (χ4n) is 18.4. The van der Waals surface area contributed by atoms with E-state index >= 15 is 0 Å². The molecule has 6 nitrogen and oxygen atoms in total. The number of para-hydroxylation sites is 1. The lowest BCUT2D eigenvalue weighted by atomic mass is 9.59. The first-order valence-electron chi connectivity index (χ1n) is 35.5. The molecule has 23 rings (SSSR count). The van der Waals surface area contributed by atoms with Gasteiger partial charge in [0.1, 0.15) is 23.4 Å². The van der Waals surface area contributed by atoms with E-state index in [1.54, 1.807) is 22.7 Å². The summed E-state index contributed by atoms with van der Waals surface area (Å²) in [6.45, 7) is 0. The molecule has 0 saturated heterocycles. The maximum Gasteiger partial charge on any atom is 0.160 e. The van der Waals surface area contributed by atoms with E-state index in [9.17, 15) is 0 Å². The summed E-state index contributed by atoms with van der Waals surface area (Å²) in [6, 6.07) is 113. The molecule has 14 aromatic carbocycles. The Hall–Kier alpha value is -12.7. The molecule has 5 aliphatic rings. The molecule has 4 aromatic heterocycles. The summed E-state index contributed by atoms with van der Waals surface area (Å²) in [6.07, 6.45) is 6.78. The van der Waals surface area contributed by atoms with Crippen LogP contribution in [0.2, 0.25) is 0 Å². The van der Waals surface area contributed by atoms with Crippen LogP contribution in [0.25, 0.3) is 146 Å². The van der Waals surface area contributed by atoms with E-state index in [1.165, 1.54) is 71.6 Å². The summed E-state index contributed by atoms with van der Waals surface area (Å²) in [5.41, 5.74) is 24.1. The summed E-state index contributed by atoms with van der Waals surface area (Å²) >= 11 is 3.49. The van der Waals surface area contributed by atoms with Crippen molar-refractivity contribution >= 4 is 90.4 Å². The lowest BCUT2D eigenvalue weighted by molar-refractivity contribution is 0.142. The highest BCUT2D eigenvalue weighted by Crippen LogP contribution is 2.66. The van der Waals surface area contributed by atoms with Crippen LogP contribution in [0.5, 0.6) is 17.2 Å². The van der Waals surface area contributed by atoms with E-state index < -0.39 is 10.8 Å². The van der Waals surface area contributed by atoms with Crippen molar-refractivity contribution < 1.29 is 9.47 Å². The molecule has 484 valence electrons. The van der Waals surface area contributed by atoms with E-state index in [2.05, 4.69) is 328 Å². The van der Waals surface area contributed by atoms with Gasteiger partial charge in [-0.2, -0.15) is 0 Å². The van der Waals surface area contributed by atoms with Crippen LogP contribution >= 0.6 is 22.7 Å². The number of thiophene rings is 2. The summed E-state index contributed by atoms with van der Waals surface area (Å²) in [4.78, 5) is 22.1. The molecule has 18 aromatic rings. The second-order valence-corrected chi connectivity index (χ2v) is 30.1. The largest absolute Gasteiger partial charge is 0.485 e. The Bertz CT molecular complexity index is 6830. The molecule has 104 heavy (non-hydrogen) atoms. The lowest BCUT2D eigenvalue weighted by Gasteiger charge is -2.47. The Balaban J connectivity index is 0.684. The molecule has 0 amide bonds. The average molecular weight is 1360 g/mol. The van der Waals surface area contributed by atoms with Gasteiger partial charge in [0.2, 0.25) is 0 Å². The van der Waals surface area contributed by atoms with Crippen LogP contribution in [0.3, 0.4) is 0 Å². The van der Waals surface area contributed by atoms with Gasteiger partial charge in [0.05, 0.1) is 42.7 Å². The molecular formula is C96H56N4O2S2. The number of nitrogens with zero attached hydrogens (tertiary/aromatic N) is 4. The van der Waals surface area contributed by atoms with E-state index in [0.717, 1.165) is 125 Å². The fourth-order valence-corrected chi connectivity index (χ4v) is 20.7. The number of hydrogen-bond acceptors (Lipinski definition) is 8. The zero-order valence-corrected chi connectivity index (χ0v) is 57.4. The van der Waals surface area contributed by atoms with Crippen molar-refractivity contribution in [3.63, 3.8) is 0 Å². The normalized spacial score (nSPS) is 17.7. The highest BCUT2D eigenvalue weighted by Gasteiger charge is 2.57. The third kappa shape index (κ3) is 8.09. The van der Waals surface area contributed by atoms with Crippen molar-refractivity contribution in [2.24, 2.45) is 5.92 Å². The Kier molecular flexibility index (Phi) is 12.2. The molecule has 4 unspecified atom stereocenters. The number of allylic oxidation sites excluding steroid dienone is 2. The monoisotopic (exact) mass is 1360 g/mol. The predicted octanol–water partition coefficient (Wildman–Crippen LogP) is 24.5. The Labute approximate surface area is 606 Å². The predicted molar refractivity (Wildman–Crippen MR) is 426 cm³/mol. The first kappa shape index (κ1) is 58.0. The zero-order valence-electron chi connectivity index (χ0n) is 55.8. The van der Waals surface area contributed by atoms with Crippen molar-refractivity contribution in [1.82, 2.24) is 19.9 Å². The highest BCUT2D eigenvalue weighted by molar-refractivity contribution is 7.26. The van der Waals surface area contributed by atoms with E-state index in [1.807, 2.05) is 0 Å². The van der Waals surface area contributed by atoms with E-state index in [0.29, 0.717) is 11.6 Å². The number of fused-ring (bicyclic) bond motifs is 28. The Morgan fingerprint density at radius 1 is 0.327 bits per heavy atom. The minimum atomic E-state index is -0.745. The van der Waals surface area contributed by atoms with Gasteiger partial charge in [0, 0.05) is 65.0 Å². The summed E-state index contributed by atoms with van der Waals surface area (Å²) in [7, 11) is 0. The molecular weight excluding hydrogens is 1310 g/mol. The molecule has 4 atom stereocenters. The van der Waals surface area contributed by atoms with Crippen LogP contribution in [0.15, 0.2) is 328 Å². The molecule has 2 spiro atoms. The molecule has 0 N–H and O–H groups in total. The summed E-state index contributed by atoms with van der Waals surface area (Å²) < 4.78 is 19.2. The summed E-state index contributed by atoms with van der Waals surface area (Å²) in [5.74, 6) is 3.76. The van der Waals surface area contributed by atoms with Gasteiger partial charge in [-0.25, -0.2) is 19.9 Å². The standard InChI is InChI=1S/C96H56N4O2S2/c1-3-19-55(20-4-1)56-35-37-60(38-36-56)94-98-87(91-89(99-94)69-29-13-18-34-83(69)103-91)64-43-47-76-82(54-64)102-80-52-62(41-45-74(80)96(76)72-31-15-12-28-68(72)86-66-26-10-8-22-58(66)40-49-78(86)96)61-44-50-84-70(51-61)90-92(104-84)88(97-93(100-90)59-23-5-2-6-24-59)63-42-46-75-81(53-63)101-79-33-17-16-32-73(79)95(75)71-30-14-11-27-67(71)85-65-25-9-7-21-57(65)39-48-77(85)95/h1-54,75,81H. The number of benzene rings is 14. The first-order chi connectivity index (χ1) is 51.5. The van der Waals surface area contributed by atoms with Gasteiger partial charge in [0.15, 0.2) is 11.6 Å². The first-order valence-corrected chi connectivity index (χ1v) is 37.2. The number of ether oxygens (including phenoxy) is 2. The molecule has 3 aliphatic carbocycles. The third-order valence-corrected chi connectivity index (χ3v) is 25.2. The number of rotatable bonds is 6. The maximum atomic E-state index is 7.60. The second-order valence-electron chi connectivity index (χ2n) is 28.0. The van der Waals surface area contributed by atoms with Gasteiger partial charge >= 0.3 is 0 Å². The zero-order chi connectivity index (χ0) is 67.9. The molecule has 0 saturated carbocycles. The lowest BCUT2D eigenvalue weighted by Crippen LogP contribution is -2.47. The highest BCUT2D eigenvalue weighted by atomic mass is 32.1. The minimum absolute atomic E-state index is 0.0653. The third-order valence-electron chi connectivity index (χ3n) is 22.8. The molecule has 0 fully saturated rings. The number of hydrogen-bond donors (Lipinski definition) is 0. The molecule has 6 heterocycles. The van der Waals surface area contributed by atoms with Crippen LogP contribution in [0.1, 0.15) is 44.6 Å². The average Bonchev–Trinajstić information content (AvgIpc) is 1.52. The maximum absolute atomic E-state index is 7.60. The van der Waals surface area contributed by atoms with Gasteiger partial charge in [-0.15, -0.1) is 22.7 Å². The molecule has 0 bridgehead atoms. The van der Waals surface area contributed by atoms with Crippen LogP contribution in [0.4, 0.5) is 0 Å². The Morgan fingerprint density at radius 2 is 0.827 bits per heavy atom. The van der Waals surface area contributed by atoms with E-state index in [4.69, 9.17) is 29.4 Å². The van der Waals surface area contributed by atoms with Crippen molar-refractivity contribution in [3.05, 3.63) is 372 Å². The van der Waals surface area contributed by atoms with Crippen molar-refractivity contribution in [3.8, 4) is 95.8 Å². The van der Waals surface area contributed by atoms with Crippen molar-refractivity contribution in [2.75, 3.05) is 0 Å². The Morgan fingerprint density at radius 3 is 1.58 bits per heavy atom. The smallest absolute Gasteiger partial charge is 0.160 e. The van der Waals surface area contributed by atoms with Crippen LogP contribution in [0, 0.1) is 5.92 Å². The van der Waals surface area contributed by atoms with E-state index in [-0.39, 0.29) is 12.0 Å². The van der Waals surface area contributed by atoms with Gasteiger partial charge in [-0.05, 0) is 131 Å². The van der Waals surface area contributed by atoms with Crippen LogP contribution < -0.4 is 9.47 Å². The second kappa shape index (κ2) is 21.9. The topological polar surface area (TPSA) is 70.0 Å². The van der Waals surface area contributed by atoms with Crippen LogP contribution in [-0.4, -0.2) is 26.0 Å². The van der Waals surface area contributed by atoms with Gasteiger partial charge in [-0.1, -0.05) is 285 Å². The minimum Gasteiger partial charge on any atom is -0.485 e. The summed E-state index contributed by atoms with van der Waals surface area (Å²) in [5, 5.41) is 7.11. The SMILES string of the molecule is C1=CC2C(C=C1c1nc(-c3ccccc3)nc3c1sc1ccc(-c4ccc5c(c4)Oc4cc(-c6nc(-c7ccc(-c8ccccc8)cc7)nc7c6sc6ccccc67)ccc4C54c5ccccc5-c5c4ccc4ccccc54)cc13)Oc1ccccc1C21c2ccccc2-c2c1ccc1ccccc21. The van der Waals surface area contributed by atoms with Crippen LogP contribution in [-0.2, 0) is 10.8 Å². The quantitative estimate of drug-likeness (QED) is 0.165. The molecule has 8 heteroatoms. The fraction of sp³-hybridized carbons (Fsp3) is 0.0417. The van der Waals surface area contributed by atoms with Gasteiger partial charge < -0.3 is 9.47 Å². The van der Waals surface area contributed by atoms with Crippen molar-refractivity contribution in [2.45, 2.75) is 16.9 Å². The molecule has 2 aliphatic heterocycles. The van der Waals surface area contributed by atoms with Crippen molar-refractivity contribution in [1.29, 1.82) is 0 Å². The van der Waals surface area contributed by atoms with Gasteiger partial charge in [-0.3, -0.25) is 0 Å². The van der Waals surface area contributed by atoms with Gasteiger partial charge in [0.25, 0.3) is 0 Å². The number of aromatic nitrogens is 4. The molecule has 0 radical (unpaired) electrons.